The number of fused-ring (bicyclic) bond motifs is 1. The number of primary amides is 1. The van der Waals surface area contributed by atoms with Crippen LogP contribution in [0.4, 0.5) is 8.78 Å². The fraction of sp³-hybridized carbons (Fsp3) is 0.296. The summed E-state index contributed by atoms with van der Waals surface area (Å²) in [4.78, 5) is 14.7. The van der Waals surface area contributed by atoms with Crippen molar-refractivity contribution in [2.75, 3.05) is 20.8 Å². The van der Waals surface area contributed by atoms with Gasteiger partial charge in [-0.25, -0.2) is 8.78 Å². The van der Waals surface area contributed by atoms with E-state index in [0.717, 1.165) is 22.8 Å². The minimum atomic E-state index is -0.871. The van der Waals surface area contributed by atoms with E-state index < -0.39 is 23.6 Å². The molecule has 178 valence electrons. The van der Waals surface area contributed by atoms with Crippen LogP contribution < -0.4 is 15.2 Å². The first-order valence-electron chi connectivity index (χ1n) is 11.2. The molecule has 1 heterocycles. The van der Waals surface area contributed by atoms with Crippen LogP contribution in [0.3, 0.4) is 0 Å². The quantitative estimate of drug-likeness (QED) is 0.521. The highest BCUT2D eigenvalue weighted by molar-refractivity contribution is 5.81. The van der Waals surface area contributed by atoms with E-state index in [9.17, 15) is 13.6 Å². The molecule has 0 saturated carbocycles. The van der Waals surface area contributed by atoms with Crippen molar-refractivity contribution in [1.29, 1.82) is 0 Å². The van der Waals surface area contributed by atoms with Gasteiger partial charge in [0, 0.05) is 12.6 Å². The summed E-state index contributed by atoms with van der Waals surface area (Å²) in [7, 11) is 3.15. The van der Waals surface area contributed by atoms with Gasteiger partial charge < -0.3 is 15.2 Å². The number of carbonyl (C=O) groups is 1. The Morgan fingerprint density at radius 1 is 1.06 bits per heavy atom. The van der Waals surface area contributed by atoms with Gasteiger partial charge in [-0.05, 0) is 59.7 Å². The topological polar surface area (TPSA) is 64.8 Å². The molecule has 34 heavy (non-hydrogen) atoms. The highest BCUT2D eigenvalue weighted by Crippen LogP contribution is 2.43. The zero-order valence-corrected chi connectivity index (χ0v) is 19.3. The molecule has 2 N–H and O–H groups in total. The molecule has 3 aromatic rings. The first-order chi connectivity index (χ1) is 16.4. The van der Waals surface area contributed by atoms with Gasteiger partial charge in [-0.2, -0.15) is 0 Å². The number of carbonyl (C=O) groups excluding carboxylic acids is 1. The maximum atomic E-state index is 14.4. The Morgan fingerprint density at radius 2 is 1.76 bits per heavy atom. The zero-order valence-electron chi connectivity index (χ0n) is 19.3. The minimum Gasteiger partial charge on any atom is -0.493 e. The van der Waals surface area contributed by atoms with Gasteiger partial charge >= 0.3 is 0 Å². The fourth-order valence-electron chi connectivity index (χ4n) is 4.87. The van der Waals surface area contributed by atoms with Crippen molar-refractivity contribution in [1.82, 2.24) is 4.90 Å². The van der Waals surface area contributed by atoms with E-state index in [4.69, 9.17) is 15.2 Å². The standard InChI is InChI=1S/C27H28F2N2O3/c1-33-23-15-19-13-14-31(26(27(30)32)18-7-4-3-5-8-18)22(20(19)16-24(23)34-2)12-11-17-9-6-10-21(28)25(17)29/h3-10,15-16,22,26H,11-14H2,1-2H3,(H2,30,32). The molecule has 0 aromatic heterocycles. The second kappa shape index (κ2) is 10.2. The fourth-order valence-corrected chi connectivity index (χ4v) is 4.87. The number of methoxy groups -OCH3 is 2. The van der Waals surface area contributed by atoms with Gasteiger partial charge in [0.05, 0.1) is 14.2 Å². The van der Waals surface area contributed by atoms with Gasteiger partial charge in [0.2, 0.25) is 5.91 Å². The molecule has 1 aliphatic heterocycles. The third-order valence-corrected chi connectivity index (χ3v) is 6.48. The number of halogens is 2. The van der Waals surface area contributed by atoms with Gasteiger partial charge in [0.25, 0.3) is 0 Å². The number of rotatable bonds is 8. The molecule has 0 fully saturated rings. The van der Waals surface area contributed by atoms with Crippen molar-refractivity contribution < 1.29 is 23.0 Å². The predicted octanol–water partition coefficient (Wildman–Crippen LogP) is 4.74. The summed E-state index contributed by atoms with van der Waals surface area (Å²) in [5.41, 5.74) is 9.01. The molecule has 1 aliphatic rings. The predicted molar refractivity (Wildman–Crippen MR) is 126 cm³/mol. The smallest absolute Gasteiger partial charge is 0.239 e. The van der Waals surface area contributed by atoms with Gasteiger partial charge in [-0.3, -0.25) is 9.69 Å². The van der Waals surface area contributed by atoms with Crippen LogP contribution in [0.5, 0.6) is 11.5 Å². The number of benzene rings is 3. The summed E-state index contributed by atoms with van der Waals surface area (Å²) in [6.07, 6.45) is 1.43. The van der Waals surface area contributed by atoms with Crippen molar-refractivity contribution in [3.63, 3.8) is 0 Å². The van der Waals surface area contributed by atoms with Gasteiger partial charge in [0.15, 0.2) is 23.1 Å². The Morgan fingerprint density at radius 3 is 2.44 bits per heavy atom. The normalized spacial score (nSPS) is 16.5. The molecule has 0 aliphatic carbocycles. The second-order valence-electron chi connectivity index (χ2n) is 8.38. The molecule has 1 amide bonds. The number of amides is 1. The van der Waals surface area contributed by atoms with Crippen LogP contribution in [-0.4, -0.2) is 31.6 Å². The van der Waals surface area contributed by atoms with E-state index in [0.29, 0.717) is 42.9 Å². The number of nitrogens with zero attached hydrogens (tertiary/aromatic N) is 1. The van der Waals surface area contributed by atoms with Crippen LogP contribution in [0.2, 0.25) is 0 Å². The number of hydrogen-bond donors (Lipinski definition) is 1. The van der Waals surface area contributed by atoms with Crippen LogP contribution in [0.15, 0.2) is 60.7 Å². The first-order valence-corrected chi connectivity index (χ1v) is 11.2. The van der Waals surface area contributed by atoms with E-state index >= 15 is 0 Å². The van der Waals surface area contributed by atoms with Gasteiger partial charge in [-0.15, -0.1) is 0 Å². The van der Waals surface area contributed by atoms with Gasteiger partial charge in [-0.1, -0.05) is 42.5 Å². The Hall–Kier alpha value is -3.45. The van der Waals surface area contributed by atoms with E-state index in [1.807, 2.05) is 42.5 Å². The molecule has 2 unspecified atom stereocenters. The lowest BCUT2D eigenvalue weighted by molar-refractivity contribution is -0.124. The largest absolute Gasteiger partial charge is 0.493 e. The van der Waals surface area contributed by atoms with Gasteiger partial charge in [0.1, 0.15) is 6.04 Å². The summed E-state index contributed by atoms with van der Waals surface area (Å²) in [5, 5.41) is 0. The van der Waals surface area contributed by atoms with Crippen LogP contribution in [0, 0.1) is 11.6 Å². The molecule has 4 rings (SSSR count). The zero-order chi connectivity index (χ0) is 24.2. The number of aryl methyl sites for hydroxylation is 1. The molecular formula is C27H28F2N2O3. The minimum absolute atomic E-state index is 0.274. The second-order valence-corrected chi connectivity index (χ2v) is 8.38. The lowest BCUT2D eigenvalue weighted by Gasteiger charge is -2.41. The molecule has 0 saturated heterocycles. The van der Waals surface area contributed by atoms with E-state index in [1.54, 1.807) is 20.3 Å². The highest BCUT2D eigenvalue weighted by atomic mass is 19.2. The number of nitrogens with two attached hydrogens (primary N) is 1. The molecule has 0 spiro atoms. The maximum Gasteiger partial charge on any atom is 0.239 e. The average Bonchev–Trinajstić information content (AvgIpc) is 2.85. The lowest BCUT2D eigenvalue weighted by atomic mass is 9.86. The lowest BCUT2D eigenvalue weighted by Crippen LogP contribution is -2.44. The maximum absolute atomic E-state index is 14.4. The Labute approximate surface area is 198 Å². The van der Waals surface area contributed by atoms with Crippen molar-refractivity contribution >= 4 is 5.91 Å². The number of hydrogen-bond acceptors (Lipinski definition) is 4. The SMILES string of the molecule is COc1cc2c(cc1OC)C(CCc1cccc(F)c1F)N(C(C(N)=O)c1ccccc1)CC2. The molecular weight excluding hydrogens is 438 g/mol. The molecule has 0 radical (unpaired) electrons. The molecule has 3 aromatic carbocycles. The molecule has 2 atom stereocenters. The highest BCUT2D eigenvalue weighted by Gasteiger charge is 2.36. The Kier molecular flexibility index (Phi) is 7.12. The average molecular weight is 467 g/mol. The number of ether oxygens (including phenoxy) is 2. The Balaban J connectivity index is 1.77. The third kappa shape index (κ3) is 4.61. The van der Waals surface area contributed by atoms with Crippen LogP contribution in [-0.2, 0) is 17.6 Å². The third-order valence-electron chi connectivity index (χ3n) is 6.48. The van der Waals surface area contributed by atoms with Crippen molar-refractivity contribution in [3.05, 3.63) is 94.6 Å². The summed E-state index contributed by atoms with van der Waals surface area (Å²) < 4.78 is 39.2. The van der Waals surface area contributed by atoms with Crippen LogP contribution in [0.25, 0.3) is 0 Å². The summed E-state index contributed by atoms with van der Waals surface area (Å²) in [5.74, 6) is -0.979. The molecule has 7 heteroatoms. The van der Waals surface area contributed by atoms with Crippen molar-refractivity contribution in [2.24, 2.45) is 5.73 Å². The molecule has 0 bridgehead atoms. The summed E-state index contributed by atoms with van der Waals surface area (Å²) in [6.45, 7) is 0.571. The van der Waals surface area contributed by atoms with Crippen LogP contribution >= 0.6 is 0 Å². The summed E-state index contributed by atoms with van der Waals surface area (Å²) in [6, 6.07) is 16.5. The van der Waals surface area contributed by atoms with Crippen molar-refractivity contribution in [3.8, 4) is 11.5 Å². The van der Waals surface area contributed by atoms with Crippen LogP contribution in [0.1, 0.15) is 40.8 Å². The molecule has 5 nitrogen and oxygen atoms in total. The Bertz CT molecular complexity index is 1170. The van der Waals surface area contributed by atoms with E-state index in [2.05, 4.69) is 4.90 Å². The summed E-state index contributed by atoms with van der Waals surface area (Å²) >= 11 is 0. The van der Waals surface area contributed by atoms with E-state index in [1.165, 1.54) is 6.07 Å². The monoisotopic (exact) mass is 466 g/mol. The first kappa shape index (κ1) is 23.7. The van der Waals surface area contributed by atoms with Crippen molar-refractivity contribution in [2.45, 2.75) is 31.3 Å². The van der Waals surface area contributed by atoms with E-state index in [-0.39, 0.29) is 6.04 Å².